The summed E-state index contributed by atoms with van der Waals surface area (Å²) in [7, 11) is 0. The highest BCUT2D eigenvalue weighted by molar-refractivity contribution is 8.14. The Morgan fingerprint density at radius 3 is 2.82 bits per heavy atom. The number of hydrogen-bond acceptors (Lipinski definition) is 4. The average Bonchev–Trinajstić information content (AvgIpc) is 2.61. The van der Waals surface area contributed by atoms with Crippen LogP contribution in [0.5, 0.6) is 0 Å². The van der Waals surface area contributed by atoms with Crippen molar-refractivity contribution in [3.63, 3.8) is 0 Å². The van der Waals surface area contributed by atoms with Gasteiger partial charge in [-0.25, -0.2) is 0 Å². The number of amides is 1. The number of carbonyl (C=O) groups is 1. The molecule has 0 radical (unpaired) electrons. The van der Waals surface area contributed by atoms with Gasteiger partial charge in [-0.2, -0.15) is 0 Å². The lowest BCUT2D eigenvalue weighted by Crippen LogP contribution is -2.41. The number of aliphatic imine (C=N–C) groups is 1. The molecule has 1 rings (SSSR count). The molecule has 1 aliphatic rings. The zero-order valence-corrected chi connectivity index (χ0v) is 11.9. The Bertz CT molecular complexity index is 313. The minimum absolute atomic E-state index is 0.285. The van der Waals surface area contributed by atoms with Gasteiger partial charge < -0.3 is 11.1 Å². The first kappa shape index (κ1) is 14.4. The average molecular weight is 257 g/mol. The molecular weight excluding hydrogens is 234 g/mol. The van der Waals surface area contributed by atoms with Crippen LogP contribution in [0.4, 0.5) is 0 Å². The van der Waals surface area contributed by atoms with Crippen LogP contribution in [-0.4, -0.2) is 29.4 Å². The summed E-state index contributed by atoms with van der Waals surface area (Å²) in [5.41, 5.74) is 4.79. The second-order valence-electron chi connectivity index (χ2n) is 5.62. The predicted octanol–water partition coefficient (Wildman–Crippen LogP) is 1.60. The highest BCUT2D eigenvalue weighted by Crippen LogP contribution is 2.26. The molecule has 1 heterocycles. The maximum Gasteiger partial charge on any atom is 0.224 e. The third-order valence-electron chi connectivity index (χ3n) is 2.80. The molecule has 0 aliphatic carbocycles. The van der Waals surface area contributed by atoms with Crippen molar-refractivity contribution in [2.75, 3.05) is 13.1 Å². The van der Waals surface area contributed by atoms with Crippen LogP contribution < -0.4 is 11.1 Å². The van der Waals surface area contributed by atoms with Crippen molar-refractivity contribution in [1.82, 2.24) is 5.32 Å². The summed E-state index contributed by atoms with van der Waals surface area (Å²) >= 11 is 1.78. The van der Waals surface area contributed by atoms with Crippen molar-refractivity contribution < 1.29 is 4.79 Å². The molecular formula is C12H23N3OS. The Morgan fingerprint density at radius 1 is 1.65 bits per heavy atom. The summed E-state index contributed by atoms with van der Waals surface area (Å²) in [4.78, 5) is 15.6. The van der Waals surface area contributed by atoms with Crippen LogP contribution in [0.25, 0.3) is 0 Å². The van der Waals surface area contributed by atoms with E-state index in [9.17, 15) is 4.79 Å². The van der Waals surface area contributed by atoms with Crippen LogP contribution in [0, 0.1) is 11.3 Å². The molecule has 0 saturated carbocycles. The number of hydrogen-bond donors (Lipinski definition) is 2. The van der Waals surface area contributed by atoms with E-state index in [0.29, 0.717) is 17.7 Å². The molecule has 0 aromatic heterocycles. The molecule has 0 fully saturated rings. The molecule has 0 saturated heterocycles. The Kier molecular flexibility index (Phi) is 4.86. The highest BCUT2D eigenvalue weighted by Gasteiger charge is 2.27. The summed E-state index contributed by atoms with van der Waals surface area (Å²) < 4.78 is 0. The number of nitrogens with zero attached hydrogens (tertiary/aromatic N) is 1. The number of rotatable bonds is 5. The fraction of sp³-hybridized carbons (Fsp3) is 0.833. The topological polar surface area (TPSA) is 67.5 Å². The van der Waals surface area contributed by atoms with Gasteiger partial charge in [-0.3, -0.25) is 9.79 Å². The van der Waals surface area contributed by atoms with Crippen molar-refractivity contribution in [3.05, 3.63) is 0 Å². The Hall–Kier alpha value is -0.710. The lowest BCUT2D eigenvalue weighted by atomic mass is 9.93. The molecule has 1 unspecified atom stereocenters. The fourth-order valence-electron chi connectivity index (χ4n) is 1.55. The zero-order chi connectivity index (χ0) is 13.1. The van der Waals surface area contributed by atoms with Gasteiger partial charge >= 0.3 is 0 Å². The maximum atomic E-state index is 11.2. The minimum Gasteiger partial charge on any atom is -0.369 e. The second-order valence-corrected chi connectivity index (χ2v) is 6.91. The monoisotopic (exact) mass is 257 g/mol. The van der Waals surface area contributed by atoms with Crippen molar-refractivity contribution >= 4 is 22.8 Å². The Morgan fingerprint density at radius 2 is 2.29 bits per heavy atom. The highest BCUT2D eigenvalue weighted by atomic mass is 32.2. The van der Waals surface area contributed by atoms with Gasteiger partial charge in [0.15, 0.2) is 5.17 Å². The van der Waals surface area contributed by atoms with Gasteiger partial charge in [-0.05, 0) is 26.2 Å². The molecule has 0 spiro atoms. The van der Waals surface area contributed by atoms with Gasteiger partial charge in [0, 0.05) is 11.8 Å². The van der Waals surface area contributed by atoms with Crippen molar-refractivity contribution in [1.29, 1.82) is 0 Å². The van der Waals surface area contributed by atoms with Crippen LogP contribution in [-0.2, 0) is 4.79 Å². The van der Waals surface area contributed by atoms with Crippen LogP contribution in [0.15, 0.2) is 4.99 Å². The molecule has 4 nitrogen and oxygen atoms in total. The van der Waals surface area contributed by atoms with Gasteiger partial charge in [-0.15, -0.1) is 0 Å². The molecule has 5 heteroatoms. The third-order valence-corrected chi connectivity index (χ3v) is 3.97. The van der Waals surface area contributed by atoms with Gasteiger partial charge in [0.05, 0.1) is 12.0 Å². The normalized spacial score (nSPS) is 20.5. The van der Waals surface area contributed by atoms with E-state index in [1.54, 1.807) is 11.8 Å². The quantitative estimate of drug-likeness (QED) is 0.786. The van der Waals surface area contributed by atoms with Crippen LogP contribution in [0.2, 0.25) is 0 Å². The minimum atomic E-state index is -0.529. The van der Waals surface area contributed by atoms with E-state index in [2.05, 4.69) is 24.2 Å². The van der Waals surface area contributed by atoms with Crippen LogP contribution >= 0.6 is 11.8 Å². The van der Waals surface area contributed by atoms with Crippen molar-refractivity contribution in [2.45, 2.75) is 39.4 Å². The van der Waals surface area contributed by atoms with Gasteiger partial charge in [0.1, 0.15) is 0 Å². The fourth-order valence-corrected chi connectivity index (χ4v) is 2.80. The summed E-state index contributed by atoms with van der Waals surface area (Å²) in [6, 6.07) is 0. The molecule has 1 aliphatic heterocycles. The summed E-state index contributed by atoms with van der Waals surface area (Å²) in [6.45, 7) is 9.55. The van der Waals surface area contributed by atoms with E-state index in [0.717, 1.165) is 11.7 Å². The van der Waals surface area contributed by atoms with Crippen LogP contribution in [0.3, 0.4) is 0 Å². The van der Waals surface area contributed by atoms with E-state index in [-0.39, 0.29) is 5.91 Å². The predicted molar refractivity (Wildman–Crippen MR) is 74.1 cm³/mol. The standard InChI is InChI=1S/C12H23N3OS/c1-8(2)5-9-6-14-11(17-9)15-7-12(3,4)10(13)16/h8-9H,5-7H2,1-4H3,(H2,13,16)(H,14,15). The summed E-state index contributed by atoms with van der Waals surface area (Å²) in [5.74, 6) is 0.413. The SMILES string of the molecule is CC(C)CC1CN=C(NCC(C)(C)C(N)=O)S1. The Labute approximate surface area is 108 Å². The molecule has 1 amide bonds. The Balaban J connectivity index is 2.33. The molecule has 3 N–H and O–H groups in total. The number of primary amides is 1. The van der Waals surface area contributed by atoms with Crippen LogP contribution in [0.1, 0.15) is 34.1 Å². The molecule has 0 bridgehead atoms. The lowest BCUT2D eigenvalue weighted by Gasteiger charge is -2.21. The third kappa shape index (κ3) is 4.58. The molecule has 0 aromatic rings. The van der Waals surface area contributed by atoms with Gasteiger partial charge in [0.2, 0.25) is 5.91 Å². The summed E-state index contributed by atoms with van der Waals surface area (Å²) in [5, 5.41) is 4.75. The molecule has 17 heavy (non-hydrogen) atoms. The van der Waals surface area contributed by atoms with E-state index >= 15 is 0 Å². The number of nitrogens with one attached hydrogen (secondary N) is 1. The van der Waals surface area contributed by atoms with E-state index in [1.807, 2.05) is 13.8 Å². The number of nitrogens with two attached hydrogens (primary N) is 1. The smallest absolute Gasteiger partial charge is 0.224 e. The van der Waals surface area contributed by atoms with Crippen molar-refractivity contribution in [3.8, 4) is 0 Å². The lowest BCUT2D eigenvalue weighted by molar-refractivity contribution is -0.125. The molecule has 0 aromatic carbocycles. The zero-order valence-electron chi connectivity index (χ0n) is 11.1. The largest absolute Gasteiger partial charge is 0.369 e. The number of thioether (sulfide) groups is 1. The van der Waals surface area contributed by atoms with E-state index in [4.69, 9.17) is 5.73 Å². The molecule has 98 valence electrons. The molecule has 1 atom stereocenters. The number of carbonyl (C=O) groups excluding carboxylic acids is 1. The van der Waals surface area contributed by atoms with Gasteiger partial charge in [-0.1, -0.05) is 25.6 Å². The maximum absolute atomic E-state index is 11.2. The van der Waals surface area contributed by atoms with E-state index in [1.165, 1.54) is 6.42 Å². The first-order chi connectivity index (χ1) is 7.81. The second kappa shape index (κ2) is 5.76. The first-order valence-electron chi connectivity index (χ1n) is 6.06. The van der Waals surface area contributed by atoms with Crippen molar-refractivity contribution in [2.24, 2.45) is 22.1 Å². The van der Waals surface area contributed by atoms with Gasteiger partial charge in [0.25, 0.3) is 0 Å². The first-order valence-corrected chi connectivity index (χ1v) is 6.94. The summed E-state index contributed by atoms with van der Waals surface area (Å²) in [6.07, 6.45) is 1.18. The van der Waals surface area contributed by atoms with E-state index < -0.39 is 5.41 Å². The number of amidine groups is 1.